The van der Waals surface area contributed by atoms with Crippen LogP contribution in [0.4, 0.5) is 0 Å². The van der Waals surface area contributed by atoms with E-state index in [1.165, 1.54) is 5.57 Å². The van der Waals surface area contributed by atoms with Crippen molar-refractivity contribution in [2.45, 2.75) is 32.3 Å². The van der Waals surface area contributed by atoms with Gasteiger partial charge in [-0.3, -0.25) is 0 Å². The van der Waals surface area contributed by atoms with Crippen LogP contribution in [0.3, 0.4) is 0 Å². The van der Waals surface area contributed by atoms with Gasteiger partial charge >= 0.3 is 0 Å². The van der Waals surface area contributed by atoms with Crippen molar-refractivity contribution in [3.8, 4) is 6.07 Å². The number of hydrogen-bond donors (Lipinski definition) is 1. The lowest BCUT2D eigenvalue weighted by Gasteiger charge is -2.24. The zero-order valence-electron chi connectivity index (χ0n) is 6.75. The number of nitrogens with zero attached hydrogens (tertiary/aromatic N) is 1. The van der Waals surface area contributed by atoms with Gasteiger partial charge in [-0.2, -0.15) is 5.26 Å². The van der Waals surface area contributed by atoms with Gasteiger partial charge in [0.15, 0.2) is 0 Å². The maximum atomic E-state index is 9.42. The Bertz CT molecular complexity index is 202. The molecule has 0 spiro atoms. The van der Waals surface area contributed by atoms with Gasteiger partial charge in [0.05, 0.1) is 12.2 Å². The molecule has 0 radical (unpaired) electrons. The molecular formula is C9H13NO. The van der Waals surface area contributed by atoms with Crippen molar-refractivity contribution < 1.29 is 5.11 Å². The van der Waals surface area contributed by atoms with Gasteiger partial charge in [0.25, 0.3) is 0 Å². The summed E-state index contributed by atoms with van der Waals surface area (Å²) in [6, 6.07) is 2.10. The zero-order chi connectivity index (χ0) is 8.27. The fraction of sp³-hybridized carbons (Fsp3) is 0.667. The van der Waals surface area contributed by atoms with E-state index in [2.05, 4.69) is 19.1 Å². The highest BCUT2D eigenvalue weighted by atomic mass is 16.3. The maximum Gasteiger partial charge on any atom is 0.0625 e. The second kappa shape index (κ2) is 3.54. The fourth-order valence-corrected chi connectivity index (χ4v) is 1.47. The third-order valence-corrected chi connectivity index (χ3v) is 2.19. The highest BCUT2D eigenvalue weighted by Crippen LogP contribution is 2.26. The lowest BCUT2D eigenvalue weighted by molar-refractivity contribution is 0.106. The maximum absolute atomic E-state index is 9.42. The van der Waals surface area contributed by atoms with Crippen molar-refractivity contribution in [2.24, 2.45) is 5.92 Å². The third-order valence-electron chi connectivity index (χ3n) is 2.19. The lowest BCUT2D eigenvalue weighted by atomic mass is 9.85. The predicted molar refractivity (Wildman–Crippen MR) is 42.7 cm³/mol. The predicted octanol–water partition coefficient (Wildman–Crippen LogP) is 1.62. The third kappa shape index (κ3) is 2.06. The van der Waals surface area contributed by atoms with Gasteiger partial charge in [-0.1, -0.05) is 11.6 Å². The van der Waals surface area contributed by atoms with Crippen LogP contribution in [0.25, 0.3) is 0 Å². The molecule has 0 saturated heterocycles. The Morgan fingerprint density at radius 3 is 3.18 bits per heavy atom. The van der Waals surface area contributed by atoms with E-state index >= 15 is 0 Å². The molecule has 0 aromatic carbocycles. The summed E-state index contributed by atoms with van der Waals surface area (Å²) in [5.41, 5.74) is 1.30. The number of hydrogen-bond acceptors (Lipinski definition) is 2. The molecule has 1 N–H and O–H groups in total. The molecule has 1 aliphatic rings. The van der Waals surface area contributed by atoms with Gasteiger partial charge in [0.1, 0.15) is 0 Å². The molecule has 1 rings (SSSR count). The molecule has 0 amide bonds. The van der Waals surface area contributed by atoms with Crippen LogP contribution in [-0.2, 0) is 0 Å². The van der Waals surface area contributed by atoms with Crippen molar-refractivity contribution in [2.75, 3.05) is 0 Å². The Balaban J connectivity index is 2.54. The fourth-order valence-electron chi connectivity index (χ4n) is 1.47. The second-order valence-electron chi connectivity index (χ2n) is 3.18. The molecule has 60 valence electrons. The van der Waals surface area contributed by atoms with E-state index < -0.39 is 0 Å². The highest BCUT2D eigenvalue weighted by Gasteiger charge is 2.21. The van der Waals surface area contributed by atoms with E-state index in [4.69, 9.17) is 5.26 Å². The van der Waals surface area contributed by atoms with Crippen molar-refractivity contribution in [3.05, 3.63) is 11.6 Å². The van der Waals surface area contributed by atoms with E-state index in [1.54, 1.807) is 0 Å². The molecule has 2 heteroatoms. The van der Waals surface area contributed by atoms with Crippen LogP contribution in [0.2, 0.25) is 0 Å². The van der Waals surface area contributed by atoms with Gasteiger partial charge < -0.3 is 5.11 Å². The first kappa shape index (κ1) is 8.29. The van der Waals surface area contributed by atoms with Gasteiger partial charge in [0, 0.05) is 12.3 Å². The minimum Gasteiger partial charge on any atom is -0.392 e. The SMILES string of the molecule is CC1=CCC(O)C(CC#N)C1. The minimum atomic E-state index is -0.293. The largest absolute Gasteiger partial charge is 0.392 e. The van der Waals surface area contributed by atoms with Crippen LogP contribution in [-0.4, -0.2) is 11.2 Å². The van der Waals surface area contributed by atoms with Gasteiger partial charge in [-0.15, -0.1) is 0 Å². The van der Waals surface area contributed by atoms with Crippen molar-refractivity contribution >= 4 is 0 Å². The summed E-state index contributed by atoms with van der Waals surface area (Å²) in [6.45, 7) is 2.05. The molecule has 2 unspecified atom stereocenters. The van der Waals surface area contributed by atoms with E-state index in [9.17, 15) is 5.11 Å². The number of aliphatic hydroxyl groups is 1. The van der Waals surface area contributed by atoms with Crippen LogP contribution < -0.4 is 0 Å². The molecule has 2 nitrogen and oxygen atoms in total. The zero-order valence-corrected chi connectivity index (χ0v) is 6.75. The van der Waals surface area contributed by atoms with Crippen LogP contribution in [0, 0.1) is 17.2 Å². The molecule has 0 fully saturated rings. The second-order valence-corrected chi connectivity index (χ2v) is 3.18. The quantitative estimate of drug-likeness (QED) is 0.579. The molecule has 0 heterocycles. The Kier molecular flexibility index (Phi) is 2.67. The van der Waals surface area contributed by atoms with E-state index in [-0.39, 0.29) is 12.0 Å². The van der Waals surface area contributed by atoms with Crippen LogP contribution in [0.1, 0.15) is 26.2 Å². The number of rotatable bonds is 1. The summed E-state index contributed by atoms with van der Waals surface area (Å²) >= 11 is 0. The Morgan fingerprint density at radius 1 is 1.82 bits per heavy atom. The van der Waals surface area contributed by atoms with Gasteiger partial charge in [0.2, 0.25) is 0 Å². The Hall–Kier alpha value is -0.810. The summed E-state index contributed by atoms with van der Waals surface area (Å²) in [6.07, 6.45) is 3.84. The highest BCUT2D eigenvalue weighted by molar-refractivity contribution is 5.07. The molecule has 1 aliphatic carbocycles. The summed E-state index contributed by atoms with van der Waals surface area (Å²) < 4.78 is 0. The first-order valence-electron chi connectivity index (χ1n) is 3.94. The summed E-state index contributed by atoms with van der Waals surface area (Å²) in [7, 11) is 0. The molecule has 11 heavy (non-hydrogen) atoms. The minimum absolute atomic E-state index is 0.171. The van der Waals surface area contributed by atoms with Crippen molar-refractivity contribution in [1.29, 1.82) is 5.26 Å². The Morgan fingerprint density at radius 2 is 2.55 bits per heavy atom. The topological polar surface area (TPSA) is 44.0 Å². The normalized spacial score (nSPS) is 30.8. The standard InChI is InChI=1S/C9H13NO/c1-7-2-3-9(11)8(6-7)4-5-10/h2,8-9,11H,3-4,6H2,1H3. The molecular weight excluding hydrogens is 138 g/mol. The molecule has 0 aromatic heterocycles. The number of nitriles is 1. The van der Waals surface area contributed by atoms with Crippen LogP contribution in [0.5, 0.6) is 0 Å². The van der Waals surface area contributed by atoms with Crippen LogP contribution in [0.15, 0.2) is 11.6 Å². The van der Waals surface area contributed by atoms with Crippen molar-refractivity contribution in [1.82, 2.24) is 0 Å². The summed E-state index contributed by atoms with van der Waals surface area (Å²) in [5.74, 6) is 0.171. The Labute approximate surface area is 67.2 Å². The van der Waals surface area contributed by atoms with E-state index in [0.29, 0.717) is 6.42 Å². The molecule has 0 saturated carbocycles. The number of aliphatic hydroxyl groups excluding tert-OH is 1. The van der Waals surface area contributed by atoms with Gasteiger partial charge in [-0.25, -0.2) is 0 Å². The first-order valence-corrected chi connectivity index (χ1v) is 3.94. The van der Waals surface area contributed by atoms with Crippen molar-refractivity contribution in [3.63, 3.8) is 0 Å². The van der Waals surface area contributed by atoms with E-state index in [0.717, 1.165) is 12.8 Å². The monoisotopic (exact) mass is 151 g/mol. The number of allylic oxidation sites excluding steroid dienone is 1. The van der Waals surface area contributed by atoms with E-state index in [1.807, 2.05) is 0 Å². The first-order chi connectivity index (χ1) is 5.24. The molecule has 2 atom stereocenters. The smallest absolute Gasteiger partial charge is 0.0625 e. The molecule has 0 aromatic rings. The average Bonchev–Trinajstić information content (AvgIpc) is 1.98. The van der Waals surface area contributed by atoms with Gasteiger partial charge in [-0.05, 0) is 19.8 Å². The summed E-state index contributed by atoms with van der Waals surface area (Å²) in [5, 5.41) is 17.9. The van der Waals surface area contributed by atoms with Crippen LogP contribution >= 0.6 is 0 Å². The lowest BCUT2D eigenvalue weighted by Crippen LogP contribution is -2.22. The summed E-state index contributed by atoms with van der Waals surface area (Å²) in [4.78, 5) is 0. The molecule has 0 bridgehead atoms. The molecule has 0 aliphatic heterocycles. The average molecular weight is 151 g/mol.